The molecule has 0 rings (SSSR count). The van der Waals surface area contributed by atoms with Crippen molar-refractivity contribution in [3.63, 3.8) is 0 Å². The average Bonchev–Trinajstić information content (AvgIpc) is 2.31. The molecule has 19 heavy (non-hydrogen) atoms. The summed E-state index contributed by atoms with van der Waals surface area (Å²) < 4.78 is 10.3. The molecule has 0 aromatic heterocycles. The molecule has 0 unspecified atom stereocenters. The summed E-state index contributed by atoms with van der Waals surface area (Å²) in [6.45, 7) is 10.4. The second-order valence-electron chi connectivity index (χ2n) is 5.45. The second-order valence-corrected chi connectivity index (χ2v) is 5.45. The average molecular weight is 272 g/mol. The third-order valence-electron chi connectivity index (χ3n) is 2.90. The molecule has 4 nitrogen and oxygen atoms in total. The van der Waals surface area contributed by atoms with Gasteiger partial charge >= 0.3 is 11.9 Å². The predicted octanol–water partition coefficient (Wildman–Crippen LogP) is 3.33. The van der Waals surface area contributed by atoms with Crippen LogP contribution in [-0.4, -0.2) is 24.6 Å². The van der Waals surface area contributed by atoms with E-state index in [0.29, 0.717) is 44.1 Å². The molecule has 0 saturated heterocycles. The Morgan fingerprint density at radius 2 is 1.37 bits per heavy atom. The van der Waals surface area contributed by atoms with Crippen LogP contribution in [0.5, 0.6) is 0 Å². The first-order valence-electron chi connectivity index (χ1n) is 7.23. The molecule has 0 aromatic carbocycles. The van der Waals surface area contributed by atoms with E-state index in [2.05, 4.69) is 27.7 Å². The maximum atomic E-state index is 11.7. The fraction of sp³-hybridized carbons (Fsp3) is 0.867. The van der Waals surface area contributed by atoms with E-state index in [1.807, 2.05) is 0 Å². The van der Waals surface area contributed by atoms with Crippen LogP contribution in [0.4, 0.5) is 0 Å². The quantitative estimate of drug-likeness (QED) is 0.477. The molecule has 0 N–H and O–H groups in total. The van der Waals surface area contributed by atoms with E-state index in [9.17, 15) is 9.59 Å². The van der Waals surface area contributed by atoms with Gasteiger partial charge in [0.25, 0.3) is 0 Å². The van der Waals surface area contributed by atoms with Crippen LogP contribution in [0.25, 0.3) is 0 Å². The van der Waals surface area contributed by atoms with Crippen molar-refractivity contribution in [2.24, 2.45) is 11.8 Å². The van der Waals surface area contributed by atoms with E-state index in [1.54, 1.807) is 6.92 Å². The normalized spacial score (nSPS) is 11.2. The van der Waals surface area contributed by atoms with Crippen molar-refractivity contribution in [2.75, 3.05) is 6.61 Å². The number of hydrogen-bond acceptors (Lipinski definition) is 4. The van der Waals surface area contributed by atoms with Crippen LogP contribution in [0.15, 0.2) is 0 Å². The zero-order chi connectivity index (χ0) is 14.8. The lowest BCUT2D eigenvalue weighted by molar-refractivity contribution is -0.154. The SMILES string of the molecule is CCOC(=O)CCCCC(=O)OC(C(C)C)C(C)C. The minimum atomic E-state index is -0.196. The van der Waals surface area contributed by atoms with Gasteiger partial charge in [0.2, 0.25) is 0 Å². The minimum Gasteiger partial charge on any atom is -0.466 e. The van der Waals surface area contributed by atoms with Crippen molar-refractivity contribution in [3.05, 3.63) is 0 Å². The van der Waals surface area contributed by atoms with Gasteiger partial charge in [0, 0.05) is 12.8 Å². The molecule has 112 valence electrons. The Labute approximate surface area is 116 Å². The topological polar surface area (TPSA) is 52.6 Å². The number of rotatable bonds is 9. The Bertz CT molecular complexity index is 263. The fourth-order valence-electron chi connectivity index (χ4n) is 2.02. The van der Waals surface area contributed by atoms with Gasteiger partial charge in [-0.1, -0.05) is 27.7 Å². The third-order valence-corrected chi connectivity index (χ3v) is 2.90. The van der Waals surface area contributed by atoms with Crippen LogP contribution in [0.1, 0.15) is 60.3 Å². The summed E-state index contributed by atoms with van der Waals surface area (Å²) in [5.41, 5.74) is 0. The molecule has 0 bridgehead atoms. The molecular weight excluding hydrogens is 244 g/mol. The lowest BCUT2D eigenvalue weighted by Gasteiger charge is -2.24. The lowest BCUT2D eigenvalue weighted by Crippen LogP contribution is -2.28. The number of carbonyl (C=O) groups is 2. The third kappa shape index (κ3) is 8.62. The van der Waals surface area contributed by atoms with Gasteiger partial charge in [-0.05, 0) is 31.6 Å². The van der Waals surface area contributed by atoms with E-state index in [0.717, 1.165) is 0 Å². The number of carbonyl (C=O) groups excluding carboxylic acids is 2. The molecule has 0 atom stereocenters. The molecule has 0 fully saturated rings. The van der Waals surface area contributed by atoms with Gasteiger partial charge < -0.3 is 9.47 Å². The van der Waals surface area contributed by atoms with Crippen molar-refractivity contribution in [1.82, 2.24) is 0 Å². The highest BCUT2D eigenvalue weighted by Crippen LogP contribution is 2.17. The first-order chi connectivity index (χ1) is 8.88. The Morgan fingerprint density at radius 3 is 1.79 bits per heavy atom. The smallest absolute Gasteiger partial charge is 0.306 e. The zero-order valence-electron chi connectivity index (χ0n) is 12.9. The summed E-state index contributed by atoms with van der Waals surface area (Å²) in [4.78, 5) is 22.8. The molecule has 0 saturated carbocycles. The Hall–Kier alpha value is -1.06. The second kappa shape index (κ2) is 9.82. The first kappa shape index (κ1) is 17.9. The number of hydrogen-bond donors (Lipinski definition) is 0. The summed E-state index contributed by atoms with van der Waals surface area (Å²) in [6, 6.07) is 0. The van der Waals surface area contributed by atoms with Crippen LogP contribution in [0.3, 0.4) is 0 Å². The maximum absolute atomic E-state index is 11.7. The molecule has 0 aliphatic heterocycles. The molecule has 0 heterocycles. The van der Waals surface area contributed by atoms with Crippen molar-refractivity contribution < 1.29 is 19.1 Å². The summed E-state index contributed by atoms with van der Waals surface area (Å²) in [5.74, 6) is 0.279. The van der Waals surface area contributed by atoms with Crippen LogP contribution in [0.2, 0.25) is 0 Å². The van der Waals surface area contributed by atoms with E-state index < -0.39 is 0 Å². The highest BCUT2D eigenvalue weighted by Gasteiger charge is 2.21. The standard InChI is InChI=1S/C15H28O4/c1-6-18-13(16)9-7-8-10-14(17)19-15(11(2)3)12(4)5/h11-12,15H,6-10H2,1-5H3. The number of unbranched alkanes of at least 4 members (excludes halogenated alkanes) is 1. The summed E-state index contributed by atoms with van der Waals surface area (Å²) in [5, 5.41) is 0. The molecule has 0 aromatic rings. The summed E-state index contributed by atoms with van der Waals surface area (Å²) in [7, 11) is 0. The molecular formula is C15H28O4. The van der Waals surface area contributed by atoms with Gasteiger partial charge in [-0.15, -0.1) is 0 Å². The van der Waals surface area contributed by atoms with Gasteiger partial charge in [0.1, 0.15) is 6.10 Å². The van der Waals surface area contributed by atoms with Crippen molar-refractivity contribution in [2.45, 2.75) is 66.4 Å². The fourth-order valence-corrected chi connectivity index (χ4v) is 2.02. The predicted molar refractivity (Wildman–Crippen MR) is 74.7 cm³/mol. The minimum absolute atomic E-state index is 0.0300. The number of ether oxygens (including phenoxy) is 2. The molecule has 0 amide bonds. The monoisotopic (exact) mass is 272 g/mol. The van der Waals surface area contributed by atoms with Crippen molar-refractivity contribution in [1.29, 1.82) is 0 Å². The van der Waals surface area contributed by atoms with Gasteiger partial charge in [-0.25, -0.2) is 0 Å². The van der Waals surface area contributed by atoms with Gasteiger partial charge in [0.15, 0.2) is 0 Å². The maximum Gasteiger partial charge on any atom is 0.306 e. The van der Waals surface area contributed by atoms with Crippen LogP contribution >= 0.6 is 0 Å². The zero-order valence-corrected chi connectivity index (χ0v) is 12.9. The lowest BCUT2D eigenvalue weighted by atomic mass is 9.96. The molecule has 0 aliphatic carbocycles. The van der Waals surface area contributed by atoms with Gasteiger partial charge in [-0.2, -0.15) is 0 Å². The Balaban J connectivity index is 3.83. The van der Waals surface area contributed by atoms with E-state index in [1.165, 1.54) is 0 Å². The highest BCUT2D eigenvalue weighted by molar-refractivity contribution is 5.70. The van der Waals surface area contributed by atoms with Crippen LogP contribution in [-0.2, 0) is 19.1 Å². The summed E-state index contributed by atoms with van der Waals surface area (Å²) >= 11 is 0. The highest BCUT2D eigenvalue weighted by atomic mass is 16.5. The number of esters is 2. The first-order valence-corrected chi connectivity index (χ1v) is 7.23. The molecule has 0 radical (unpaired) electrons. The Morgan fingerprint density at radius 1 is 0.895 bits per heavy atom. The molecule has 0 spiro atoms. The van der Waals surface area contributed by atoms with Gasteiger partial charge in [-0.3, -0.25) is 9.59 Å². The van der Waals surface area contributed by atoms with E-state index >= 15 is 0 Å². The van der Waals surface area contributed by atoms with E-state index in [-0.39, 0.29) is 18.0 Å². The van der Waals surface area contributed by atoms with Crippen LogP contribution in [0, 0.1) is 11.8 Å². The Kier molecular flexibility index (Phi) is 9.27. The molecule has 4 heteroatoms. The van der Waals surface area contributed by atoms with Crippen molar-refractivity contribution in [3.8, 4) is 0 Å². The molecule has 0 aliphatic rings. The van der Waals surface area contributed by atoms with Crippen LogP contribution < -0.4 is 0 Å². The van der Waals surface area contributed by atoms with E-state index in [4.69, 9.17) is 9.47 Å². The summed E-state index contributed by atoms with van der Waals surface area (Å²) in [6.07, 6.45) is 2.05. The van der Waals surface area contributed by atoms with Gasteiger partial charge in [0.05, 0.1) is 6.61 Å². The van der Waals surface area contributed by atoms with Crippen molar-refractivity contribution >= 4 is 11.9 Å². The largest absolute Gasteiger partial charge is 0.466 e.